The topological polar surface area (TPSA) is 46.8 Å². The van der Waals surface area contributed by atoms with E-state index in [1.807, 2.05) is 48.5 Å². The van der Waals surface area contributed by atoms with Gasteiger partial charge < -0.3 is 4.74 Å². The summed E-state index contributed by atoms with van der Waals surface area (Å²) in [5.74, 6) is 1.03. The van der Waals surface area contributed by atoms with Crippen molar-refractivity contribution in [3.8, 4) is 16.9 Å². The summed E-state index contributed by atoms with van der Waals surface area (Å²) in [5.41, 5.74) is 5.60. The highest BCUT2D eigenvalue weighted by Crippen LogP contribution is 2.31. The van der Waals surface area contributed by atoms with E-state index >= 15 is 0 Å². The van der Waals surface area contributed by atoms with Gasteiger partial charge in [-0.2, -0.15) is 0 Å². The smallest absolute Gasteiger partial charge is 0.160 e. The summed E-state index contributed by atoms with van der Waals surface area (Å²) in [6, 6.07) is 24.2. The van der Waals surface area contributed by atoms with Crippen LogP contribution in [0.15, 0.2) is 101 Å². The maximum absolute atomic E-state index is 13.4. The molecular weight excluding hydrogens is 401 g/mol. The molecule has 0 aliphatic carbocycles. The molecule has 5 heteroatoms. The quantitative estimate of drug-likeness (QED) is 0.271. The Labute approximate surface area is 186 Å². The van der Waals surface area contributed by atoms with Gasteiger partial charge in [0.2, 0.25) is 0 Å². The number of rotatable bonds is 6. The average molecular weight is 423 g/mol. The van der Waals surface area contributed by atoms with Crippen LogP contribution in [0.25, 0.3) is 11.1 Å². The second kappa shape index (κ2) is 9.79. The van der Waals surface area contributed by atoms with E-state index in [1.165, 1.54) is 12.1 Å². The zero-order valence-electron chi connectivity index (χ0n) is 17.7. The zero-order chi connectivity index (χ0) is 22.3. The minimum absolute atomic E-state index is 0.258. The Morgan fingerprint density at radius 3 is 2.50 bits per heavy atom. The average Bonchev–Trinajstić information content (AvgIpc) is 2.85. The number of pyridine rings is 1. The summed E-state index contributed by atoms with van der Waals surface area (Å²) in [6.07, 6.45) is 4.00. The molecular formula is C27H22FN3O. The lowest BCUT2D eigenvalue weighted by Gasteiger charge is -2.12. The van der Waals surface area contributed by atoms with Crippen LogP contribution in [-0.2, 0) is 6.42 Å². The predicted molar refractivity (Wildman–Crippen MR) is 128 cm³/mol. The van der Waals surface area contributed by atoms with Crippen molar-refractivity contribution in [3.63, 3.8) is 0 Å². The van der Waals surface area contributed by atoms with Gasteiger partial charge in [-0.1, -0.05) is 30.3 Å². The molecule has 0 aliphatic rings. The lowest BCUT2D eigenvalue weighted by Crippen LogP contribution is -1.98. The highest BCUT2D eigenvalue weighted by molar-refractivity contribution is 6.02. The lowest BCUT2D eigenvalue weighted by molar-refractivity contribution is 0.415. The van der Waals surface area contributed by atoms with Crippen LogP contribution in [0, 0.1) is 5.82 Å². The van der Waals surface area contributed by atoms with Gasteiger partial charge in [-0.05, 0) is 83.9 Å². The highest BCUT2D eigenvalue weighted by Gasteiger charge is 2.10. The second-order valence-corrected chi connectivity index (χ2v) is 7.21. The van der Waals surface area contributed by atoms with Gasteiger partial charge in [-0.15, -0.1) is 0 Å². The number of hydrogen-bond donors (Lipinski definition) is 0. The largest absolute Gasteiger partial charge is 0.497 e. The van der Waals surface area contributed by atoms with E-state index in [1.54, 1.807) is 31.6 Å². The Morgan fingerprint density at radius 1 is 0.969 bits per heavy atom. The molecule has 0 amide bonds. The molecule has 32 heavy (non-hydrogen) atoms. The maximum atomic E-state index is 13.4. The number of amidine groups is 1. The Kier molecular flexibility index (Phi) is 6.46. The van der Waals surface area contributed by atoms with E-state index in [4.69, 9.17) is 9.73 Å². The first kappa shape index (κ1) is 21.1. The highest BCUT2D eigenvalue weighted by atomic mass is 19.1. The Bertz CT molecular complexity index is 1250. The van der Waals surface area contributed by atoms with Crippen molar-refractivity contribution < 1.29 is 9.13 Å². The Balaban J connectivity index is 1.80. The Morgan fingerprint density at radius 2 is 1.78 bits per heavy atom. The third-order valence-corrected chi connectivity index (χ3v) is 5.09. The van der Waals surface area contributed by atoms with Gasteiger partial charge in [0.25, 0.3) is 0 Å². The molecule has 4 nitrogen and oxygen atoms in total. The molecule has 0 aliphatic heterocycles. The first-order valence-corrected chi connectivity index (χ1v) is 10.1. The fourth-order valence-corrected chi connectivity index (χ4v) is 3.44. The molecule has 158 valence electrons. The summed E-state index contributed by atoms with van der Waals surface area (Å²) in [6.45, 7) is 3.68. The third kappa shape index (κ3) is 4.95. The van der Waals surface area contributed by atoms with Crippen molar-refractivity contribution >= 4 is 18.2 Å². The Hall–Kier alpha value is -4.12. The van der Waals surface area contributed by atoms with Crippen LogP contribution in [-0.4, -0.2) is 24.6 Å². The first-order chi connectivity index (χ1) is 15.7. The molecule has 0 bridgehead atoms. The van der Waals surface area contributed by atoms with Crippen molar-refractivity contribution in [1.29, 1.82) is 0 Å². The minimum atomic E-state index is -0.258. The van der Waals surface area contributed by atoms with Gasteiger partial charge in [0.1, 0.15) is 11.6 Å². The number of ether oxygens (including phenoxy) is 1. The summed E-state index contributed by atoms with van der Waals surface area (Å²) < 4.78 is 18.8. The predicted octanol–water partition coefficient (Wildman–Crippen LogP) is 6.27. The van der Waals surface area contributed by atoms with Crippen molar-refractivity contribution in [3.05, 3.63) is 114 Å². The number of halogens is 1. The van der Waals surface area contributed by atoms with Crippen molar-refractivity contribution in [2.24, 2.45) is 9.98 Å². The van der Waals surface area contributed by atoms with E-state index in [-0.39, 0.29) is 5.82 Å². The number of benzene rings is 3. The van der Waals surface area contributed by atoms with Gasteiger partial charge in [0.05, 0.1) is 12.8 Å². The molecule has 0 fully saturated rings. The molecule has 4 rings (SSSR count). The SMILES string of the molecule is C=NC(=Nc1ccc(-c2cccc(OC)c2)cc1Cc1ccc(F)cc1)c1cccnc1. The number of aliphatic imine (C=N–C) groups is 2. The number of nitrogens with zero attached hydrogens (tertiary/aromatic N) is 3. The summed E-state index contributed by atoms with van der Waals surface area (Å²) in [5, 5.41) is 0. The van der Waals surface area contributed by atoms with Crippen molar-refractivity contribution in [2.75, 3.05) is 7.11 Å². The zero-order valence-corrected chi connectivity index (χ0v) is 17.7. The van der Waals surface area contributed by atoms with Crippen LogP contribution < -0.4 is 4.74 Å². The monoisotopic (exact) mass is 423 g/mol. The van der Waals surface area contributed by atoms with E-state index < -0.39 is 0 Å². The van der Waals surface area contributed by atoms with Gasteiger partial charge in [-0.3, -0.25) is 4.98 Å². The van der Waals surface area contributed by atoms with Crippen LogP contribution >= 0.6 is 0 Å². The fraction of sp³-hybridized carbons (Fsp3) is 0.0741. The van der Waals surface area contributed by atoms with Gasteiger partial charge in [0.15, 0.2) is 5.84 Å². The lowest BCUT2D eigenvalue weighted by atomic mass is 9.97. The minimum Gasteiger partial charge on any atom is -0.497 e. The van der Waals surface area contributed by atoms with Crippen LogP contribution in [0.3, 0.4) is 0 Å². The fourth-order valence-electron chi connectivity index (χ4n) is 3.44. The number of hydrogen-bond acceptors (Lipinski definition) is 3. The van der Waals surface area contributed by atoms with Gasteiger partial charge >= 0.3 is 0 Å². The molecule has 3 aromatic carbocycles. The van der Waals surface area contributed by atoms with Crippen molar-refractivity contribution in [2.45, 2.75) is 6.42 Å². The summed E-state index contributed by atoms with van der Waals surface area (Å²) >= 11 is 0. The standard InChI is InChI=1S/C27H22FN3O/c1-29-27(22-6-4-14-30-18-22)31-26-13-10-21(20-5-3-7-25(17-20)32-2)16-23(26)15-19-8-11-24(28)12-9-19/h3-14,16-18H,1,15H2,2H3. The van der Waals surface area contributed by atoms with E-state index in [0.29, 0.717) is 12.3 Å². The number of aromatic nitrogens is 1. The van der Waals surface area contributed by atoms with Crippen LogP contribution in [0.5, 0.6) is 5.75 Å². The molecule has 0 spiro atoms. The van der Waals surface area contributed by atoms with E-state index in [0.717, 1.165) is 39.3 Å². The molecule has 0 saturated heterocycles. The molecule has 0 N–H and O–H groups in total. The molecule has 0 radical (unpaired) electrons. The molecule has 0 atom stereocenters. The first-order valence-electron chi connectivity index (χ1n) is 10.1. The summed E-state index contributed by atoms with van der Waals surface area (Å²) in [7, 11) is 1.65. The molecule has 0 saturated carbocycles. The summed E-state index contributed by atoms with van der Waals surface area (Å²) in [4.78, 5) is 13.0. The molecule has 0 unspecified atom stereocenters. The second-order valence-electron chi connectivity index (χ2n) is 7.21. The molecule has 1 heterocycles. The van der Waals surface area contributed by atoms with Crippen LogP contribution in [0.1, 0.15) is 16.7 Å². The van der Waals surface area contributed by atoms with E-state index in [9.17, 15) is 4.39 Å². The van der Waals surface area contributed by atoms with Crippen molar-refractivity contribution in [1.82, 2.24) is 4.98 Å². The third-order valence-electron chi connectivity index (χ3n) is 5.09. The van der Waals surface area contributed by atoms with Gasteiger partial charge in [-0.25, -0.2) is 14.4 Å². The normalized spacial score (nSPS) is 11.2. The molecule has 1 aromatic heterocycles. The van der Waals surface area contributed by atoms with E-state index in [2.05, 4.69) is 22.8 Å². The maximum Gasteiger partial charge on any atom is 0.160 e. The number of methoxy groups -OCH3 is 1. The van der Waals surface area contributed by atoms with Crippen LogP contribution in [0.4, 0.5) is 10.1 Å². The van der Waals surface area contributed by atoms with Crippen LogP contribution in [0.2, 0.25) is 0 Å². The molecule has 4 aromatic rings. The van der Waals surface area contributed by atoms with Gasteiger partial charge in [0, 0.05) is 18.0 Å².